The van der Waals surface area contributed by atoms with Crippen LogP contribution in [0.25, 0.3) is 0 Å². The van der Waals surface area contributed by atoms with Crippen LogP contribution >= 0.6 is 13.5 Å². The highest BCUT2D eigenvalue weighted by atomic mass is 32.1. The minimum Gasteiger partial charge on any atom is -0.305 e. The molecule has 0 saturated carbocycles. The molecule has 2 heterocycles. The Morgan fingerprint density at radius 3 is 1.97 bits per heavy atom. The molecule has 5 rings (SSSR count). The van der Waals surface area contributed by atoms with Gasteiger partial charge in [-0.05, 0) is 19.1 Å². The third-order valence-corrected chi connectivity index (χ3v) is 5.48. The molecule has 1 aliphatic rings. The predicted molar refractivity (Wildman–Crippen MR) is 134 cm³/mol. The van der Waals surface area contributed by atoms with Crippen LogP contribution < -0.4 is 4.90 Å². The third kappa shape index (κ3) is 3.97. The molecule has 32 heavy (non-hydrogen) atoms. The Morgan fingerprint density at radius 2 is 1.41 bits per heavy atom. The van der Waals surface area contributed by atoms with Gasteiger partial charge in [-0.2, -0.15) is 18.6 Å². The van der Waals surface area contributed by atoms with E-state index in [1.807, 2.05) is 95.9 Å². The van der Waals surface area contributed by atoms with E-state index < -0.39 is 0 Å². The largest absolute Gasteiger partial charge is 0.305 e. The second-order valence-electron chi connectivity index (χ2n) is 7.62. The number of amides is 1. The molecule has 0 spiro atoms. The van der Waals surface area contributed by atoms with E-state index >= 15 is 0 Å². The fourth-order valence-electron chi connectivity index (χ4n) is 3.97. The lowest BCUT2D eigenvalue weighted by Crippen LogP contribution is -2.42. The van der Waals surface area contributed by atoms with Crippen LogP contribution in [0.5, 0.6) is 0 Å². The first-order chi connectivity index (χ1) is 15.2. The van der Waals surface area contributed by atoms with Crippen molar-refractivity contribution in [3.05, 3.63) is 114 Å². The summed E-state index contributed by atoms with van der Waals surface area (Å²) in [4.78, 5) is 20.3. The molecule has 0 bridgehead atoms. The maximum atomic E-state index is 13.5. The maximum Gasteiger partial charge on any atom is 0.278 e. The Hall–Kier alpha value is -3.64. The van der Waals surface area contributed by atoms with Crippen LogP contribution in [0, 0.1) is 0 Å². The van der Waals surface area contributed by atoms with Gasteiger partial charge in [0, 0.05) is 23.4 Å². The number of aliphatic imine (C=N–C) groups is 1. The van der Waals surface area contributed by atoms with E-state index in [2.05, 4.69) is 12.0 Å². The van der Waals surface area contributed by atoms with Crippen LogP contribution in [-0.4, -0.2) is 27.9 Å². The summed E-state index contributed by atoms with van der Waals surface area (Å²) in [5.41, 5.74) is 4.78. The van der Waals surface area contributed by atoms with Crippen molar-refractivity contribution in [2.75, 3.05) is 11.4 Å². The fourth-order valence-corrected chi connectivity index (χ4v) is 3.97. The standard InChI is InChI=1S/C26H22N4O.H2S/c1-19-18-29(22-15-9-4-10-16-22)26(31)25-23(17-27-30(19)25)28-24(20-11-5-2-6-12-20)21-13-7-3-8-14-21;/h2-17,19H,18H2,1H3;1H2/t19-;/m0./s1. The van der Waals surface area contributed by atoms with Crippen molar-refractivity contribution in [1.29, 1.82) is 0 Å². The minimum absolute atomic E-state index is 0. The number of rotatable bonds is 4. The van der Waals surface area contributed by atoms with Gasteiger partial charge in [0.2, 0.25) is 0 Å². The second-order valence-corrected chi connectivity index (χ2v) is 7.62. The predicted octanol–water partition coefficient (Wildman–Crippen LogP) is 5.39. The molecule has 5 nitrogen and oxygen atoms in total. The SMILES string of the molecule is C[C@H]1CN(c2ccccc2)C(=O)c2c(N=C(c3ccccc3)c3ccccc3)cnn21.S. The number of benzene rings is 3. The van der Waals surface area contributed by atoms with Crippen molar-refractivity contribution in [2.24, 2.45) is 4.99 Å². The molecule has 0 radical (unpaired) electrons. The molecule has 1 aromatic heterocycles. The lowest BCUT2D eigenvalue weighted by molar-refractivity contribution is 0.0954. The highest BCUT2D eigenvalue weighted by Gasteiger charge is 2.33. The Balaban J connectivity index is 0.00000245. The summed E-state index contributed by atoms with van der Waals surface area (Å²) >= 11 is 0. The number of carbonyl (C=O) groups is 1. The first kappa shape index (κ1) is 21.6. The Kier molecular flexibility index (Phi) is 6.23. The van der Waals surface area contributed by atoms with Crippen molar-refractivity contribution < 1.29 is 4.79 Å². The Bertz CT molecular complexity index is 1200. The number of hydrogen-bond acceptors (Lipinski definition) is 3. The van der Waals surface area contributed by atoms with Gasteiger partial charge >= 0.3 is 0 Å². The number of fused-ring (bicyclic) bond motifs is 1. The molecular weight excluding hydrogens is 416 g/mol. The molecule has 160 valence electrons. The van der Waals surface area contributed by atoms with E-state index in [1.165, 1.54) is 0 Å². The van der Waals surface area contributed by atoms with Crippen LogP contribution in [-0.2, 0) is 0 Å². The fraction of sp³-hybridized carbons (Fsp3) is 0.115. The van der Waals surface area contributed by atoms with Gasteiger partial charge in [0.25, 0.3) is 5.91 Å². The van der Waals surface area contributed by atoms with Crippen molar-refractivity contribution in [1.82, 2.24) is 9.78 Å². The molecule has 0 aliphatic carbocycles. The molecule has 4 aromatic rings. The average molecular weight is 441 g/mol. The van der Waals surface area contributed by atoms with Gasteiger partial charge in [-0.1, -0.05) is 78.9 Å². The Labute approximate surface area is 194 Å². The van der Waals surface area contributed by atoms with E-state index in [9.17, 15) is 4.79 Å². The highest BCUT2D eigenvalue weighted by molar-refractivity contribution is 7.59. The van der Waals surface area contributed by atoms with E-state index in [0.29, 0.717) is 17.9 Å². The van der Waals surface area contributed by atoms with Crippen LogP contribution in [0.4, 0.5) is 11.4 Å². The third-order valence-electron chi connectivity index (χ3n) is 5.48. The van der Waals surface area contributed by atoms with Crippen LogP contribution in [0.1, 0.15) is 34.6 Å². The van der Waals surface area contributed by atoms with Gasteiger partial charge in [0.15, 0.2) is 5.69 Å². The summed E-state index contributed by atoms with van der Waals surface area (Å²) in [6.07, 6.45) is 1.70. The lowest BCUT2D eigenvalue weighted by Gasteiger charge is -2.32. The van der Waals surface area contributed by atoms with Crippen LogP contribution in [0.15, 0.2) is 102 Å². The second kappa shape index (κ2) is 9.24. The zero-order chi connectivity index (χ0) is 21.2. The number of nitrogens with zero attached hydrogens (tertiary/aromatic N) is 4. The van der Waals surface area contributed by atoms with E-state index in [-0.39, 0.29) is 25.4 Å². The first-order valence-corrected chi connectivity index (χ1v) is 10.4. The van der Waals surface area contributed by atoms with E-state index in [1.54, 1.807) is 10.9 Å². The number of carbonyl (C=O) groups excluding carboxylic acids is 1. The summed E-state index contributed by atoms with van der Waals surface area (Å²) in [7, 11) is 0. The van der Waals surface area contributed by atoms with Crippen molar-refractivity contribution in [3.8, 4) is 0 Å². The molecule has 1 aliphatic heterocycles. The minimum atomic E-state index is -0.0824. The van der Waals surface area contributed by atoms with Gasteiger partial charge < -0.3 is 4.90 Å². The van der Waals surface area contributed by atoms with E-state index in [0.717, 1.165) is 22.5 Å². The molecule has 0 N–H and O–H groups in total. The molecule has 1 amide bonds. The summed E-state index contributed by atoms with van der Waals surface area (Å²) in [5, 5.41) is 4.52. The van der Waals surface area contributed by atoms with Gasteiger partial charge in [0.1, 0.15) is 5.69 Å². The molecule has 3 aromatic carbocycles. The topological polar surface area (TPSA) is 50.5 Å². The molecule has 0 unspecified atom stereocenters. The van der Waals surface area contributed by atoms with Crippen molar-refractivity contribution in [3.63, 3.8) is 0 Å². The maximum absolute atomic E-state index is 13.5. The summed E-state index contributed by atoms with van der Waals surface area (Å²) in [6.45, 7) is 2.65. The van der Waals surface area contributed by atoms with Crippen molar-refractivity contribution in [2.45, 2.75) is 13.0 Å². The van der Waals surface area contributed by atoms with Gasteiger partial charge in [-0.25, -0.2) is 4.99 Å². The zero-order valence-electron chi connectivity index (χ0n) is 17.7. The van der Waals surface area contributed by atoms with Crippen LogP contribution in [0.3, 0.4) is 0 Å². The monoisotopic (exact) mass is 440 g/mol. The number of aromatic nitrogens is 2. The quantitative estimate of drug-likeness (QED) is 0.400. The van der Waals surface area contributed by atoms with Gasteiger partial charge in [-0.3, -0.25) is 9.48 Å². The van der Waals surface area contributed by atoms with Gasteiger partial charge in [0.05, 0.1) is 18.0 Å². The molecule has 0 fully saturated rings. The van der Waals surface area contributed by atoms with Crippen LogP contribution in [0.2, 0.25) is 0 Å². The molecule has 6 heteroatoms. The normalized spacial score (nSPS) is 15.0. The zero-order valence-corrected chi connectivity index (χ0v) is 18.7. The number of para-hydroxylation sites is 1. The molecular formula is C26H24N4OS. The summed E-state index contributed by atoms with van der Waals surface area (Å²) in [6, 6.07) is 29.9. The number of hydrogen-bond donors (Lipinski definition) is 0. The average Bonchev–Trinajstić information content (AvgIpc) is 3.26. The Morgan fingerprint density at radius 1 is 0.875 bits per heavy atom. The molecule has 0 saturated heterocycles. The first-order valence-electron chi connectivity index (χ1n) is 10.4. The summed E-state index contributed by atoms with van der Waals surface area (Å²) < 4.78 is 1.80. The smallest absolute Gasteiger partial charge is 0.278 e. The van der Waals surface area contributed by atoms with E-state index in [4.69, 9.17) is 4.99 Å². The molecule has 1 atom stereocenters. The number of anilines is 1. The van der Waals surface area contributed by atoms with Gasteiger partial charge in [-0.15, -0.1) is 0 Å². The lowest BCUT2D eigenvalue weighted by atomic mass is 10.0. The van der Waals surface area contributed by atoms with Crippen molar-refractivity contribution >= 4 is 36.5 Å². The summed E-state index contributed by atoms with van der Waals surface area (Å²) in [5.74, 6) is -0.0824. The highest BCUT2D eigenvalue weighted by Crippen LogP contribution is 2.32.